The van der Waals surface area contributed by atoms with E-state index >= 15 is 0 Å². The van der Waals surface area contributed by atoms with Gasteiger partial charge in [-0.05, 0) is 25.2 Å². The summed E-state index contributed by atoms with van der Waals surface area (Å²) in [4.78, 5) is 0.333. The average molecular weight is 117 g/mol. The molecule has 0 radical (unpaired) electrons. The Hall–Kier alpha value is 0.290. The van der Waals surface area contributed by atoms with E-state index in [4.69, 9.17) is 11.6 Å². The second-order valence-electron chi connectivity index (χ2n) is 2.83. The molecule has 0 aromatic heterocycles. The van der Waals surface area contributed by atoms with Gasteiger partial charge < -0.3 is 0 Å². The highest BCUT2D eigenvalue weighted by molar-refractivity contribution is 6.26. The molecule has 0 amide bonds. The van der Waals surface area contributed by atoms with Gasteiger partial charge in [0.2, 0.25) is 0 Å². The van der Waals surface area contributed by atoms with Gasteiger partial charge in [-0.1, -0.05) is 6.42 Å². The Morgan fingerprint density at radius 3 is 2.57 bits per heavy atom. The predicted molar refractivity (Wildman–Crippen MR) is 30.5 cm³/mol. The summed E-state index contributed by atoms with van der Waals surface area (Å²) in [5.74, 6) is 0.925. The van der Waals surface area contributed by atoms with Crippen molar-refractivity contribution in [1.29, 1.82) is 0 Å². The maximum absolute atomic E-state index is 6.04. The molecular formula is C6H9Cl. The molecule has 0 N–H and O–H groups in total. The van der Waals surface area contributed by atoms with Crippen LogP contribution in [0.25, 0.3) is 0 Å². The lowest BCUT2D eigenvalue weighted by molar-refractivity contribution is 0.741. The lowest BCUT2D eigenvalue weighted by Crippen LogP contribution is -1.91. The van der Waals surface area contributed by atoms with E-state index in [1.807, 2.05) is 0 Å². The van der Waals surface area contributed by atoms with Crippen molar-refractivity contribution in [1.82, 2.24) is 0 Å². The summed E-state index contributed by atoms with van der Waals surface area (Å²) in [6, 6.07) is 0. The molecule has 40 valence electrons. The van der Waals surface area contributed by atoms with Crippen LogP contribution in [0.5, 0.6) is 0 Å². The molecule has 0 nitrogen and oxygen atoms in total. The Bertz CT molecular complexity index is 98.4. The van der Waals surface area contributed by atoms with Crippen molar-refractivity contribution in [2.45, 2.75) is 30.6 Å². The van der Waals surface area contributed by atoms with Gasteiger partial charge in [-0.25, -0.2) is 0 Å². The smallest absolute Gasteiger partial charge is 0.0478 e. The second-order valence-corrected chi connectivity index (χ2v) is 3.58. The van der Waals surface area contributed by atoms with Crippen LogP contribution in [0.15, 0.2) is 0 Å². The van der Waals surface area contributed by atoms with Crippen molar-refractivity contribution >= 4 is 11.6 Å². The monoisotopic (exact) mass is 116 g/mol. The van der Waals surface area contributed by atoms with E-state index in [1.54, 1.807) is 0 Å². The maximum Gasteiger partial charge on any atom is 0.0478 e. The van der Waals surface area contributed by atoms with E-state index < -0.39 is 0 Å². The second kappa shape index (κ2) is 0.997. The first-order valence-electron chi connectivity index (χ1n) is 3.00. The fourth-order valence-electron chi connectivity index (χ4n) is 1.66. The Morgan fingerprint density at radius 1 is 1.57 bits per heavy atom. The number of fused-ring (bicyclic) bond motifs is 1. The molecule has 0 spiro atoms. The van der Waals surface area contributed by atoms with Crippen LogP contribution in [0.2, 0.25) is 0 Å². The molecule has 0 heterocycles. The Morgan fingerprint density at radius 2 is 2.43 bits per heavy atom. The average Bonchev–Trinajstić information content (AvgIpc) is 2.09. The van der Waals surface area contributed by atoms with Crippen molar-refractivity contribution in [3.8, 4) is 0 Å². The van der Waals surface area contributed by atoms with Gasteiger partial charge in [0.05, 0.1) is 0 Å². The highest BCUT2D eigenvalue weighted by atomic mass is 35.5. The van der Waals surface area contributed by atoms with Gasteiger partial charge in [-0.3, -0.25) is 0 Å². The molecule has 2 fully saturated rings. The zero-order chi connectivity index (χ0) is 4.91. The van der Waals surface area contributed by atoms with Crippen LogP contribution in [-0.4, -0.2) is 4.87 Å². The van der Waals surface area contributed by atoms with Gasteiger partial charge >= 0.3 is 0 Å². The third kappa shape index (κ3) is 0.436. The highest BCUT2D eigenvalue weighted by Crippen LogP contribution is 2.60. The number of hydrogen-bond donors (Lipinski definition) is 0. The first kappa shape index (κ1) is 4.20. The minimum absolute atomic E-state index is 0.333. The molecule has 1 heteroatoms. The van der Waals surface area contributed by atoms with E-state index in [-0.39, 0.29) is 0 Å². The lowest BCUT2D eigenvalue weighted by atomic mass is 10.3. The fourth-order valence-corrected chi connectivity index (χ4v) is 2.09. The van der Waals surface area contributed by atoms with Crippen molar-refractivity contribution < 1.29 is 0 Å². The SMILES string of the molecule is ClC12CCCC1C2. The van der Waals surface area contributed by atoms with Gasteiger partial charge in [-0.2, -0.15) is 0 Å². The summed E-state index contributed by atoms with van der Waals surface area (Å²) in [6.07, 6.45) is 5.39. The number of halogens is 1. The van der Waals surface area contributed by atoms with Gasteiger partial charge in [0, 0.05) is 4.87 Å². The lowest BCUT2D eigenvalue weighted by Gasteiger charge is -1.93. The van der Waals surface area contributed by atoms with Crippen LogP contribution in [-0.2, 0) is 0 Å². The van der Waals surface area contributed by atoms with Crippen molar-refractivity contribution in [2.24, 2.45) is 5.92 Å². The summed E-state index contributed by atoms with van der Waals surface area (Å²) in [6.45, 7) is 0. The molecule has 0 aromatic carbocycles. The first-order chi connectivity index (χ1) is 3.31. The summed E-state index contributed by atoms with van der Waals surface area (Å²) in [7, 11) is 0. The zero-order valence-corrected chi connectivity index (χ0v) is 5.04. The number of alkyl halides is 1. The van der Waals surface area contributed by atoms with Gasteiger partial charge in [-0.15, -0.1) is 11.6 Å². The van der Waals surface area contributed by atoms with E-state index in [0.29, 0.717) is 4.87 Å². The van der Waals surface area contributed by atoms with Crippen LogP contribution in [0.4, 0.5) is 0 Å². The van der Waals surface area contributed by atoms with E-state index in [1.165, 1.54) is 25.7 Å². The fraction of sp³-hybridized carbons (Fsp3) is 1.00. The summed E-state index contributed by atoms with van der Waals surface area (Å²) in [5.41, 5.74) is 0. The molecule has 2 saturated carbocycles. The van der Waals surface area contributed by atoms with Crippen LogP contribution in [0.3, 0.4) is 0 Å². The van der Waals surface area contributed by atoms with Crippen LogP contribution >= 0.6 is 11.6 Å². The highest BCUT2D eigenvalue weighted by Gasteiger charge is 2.55. The Kier molecular flexibility index (Phi) is 0.597. The van der Waals surface area contributed by atoms with Gasteiger partial charge in [0.15, 0.2) is 0 Å². The minimum Gasteiger partial charge on any atom is -0.119 e. The van der Waals surface area contributed by atoms with E-state index in [2.05, 4.69) is 0 Å². The third-order valence-corrected chi connectivity index (χ3v) is 2.95. The van der Waals surface area contributed by atoms with Crippen molar-refractivity contribution in [2.75, 3.05) is 0 Å². The molecule has 0 saturated heterocycles. The summed E-state index contributed by atoms with van der Waals surface area (Å²) >= 11 is 6.04. The molecule has 0 aliphatic heterocycles. The maximum atomic E-state index is 6.04. The molecule has 2 aliphatic carbocycles. The van der Waals surface area contributed by atoms with E-state index in [9.17, 15) is 0 Å². The Labute approximate surface area is 48.9 Å². The molecule has 0 bridgehead atoms. The van der Waals surface area contributed by atoms with Gasteiger partial charge in [0.25, 0.3) is 0 Å². The van der Waals surface area contributed by atoms with Crippen LogP contribution in [0, 0.1) is 5.92 Å². The third-order valence-electron chi connectivity index (χ3n) is 2.30. The first-order valence-corrected chi connectivity index (χ1v) is 3.38. The normalized spacial score (nSPS) is 57.0. The topological polar surface area (TPSA) is 0 Å². The molecule has 0 aromatic rings. The van der Waals surface area contributed by atoms with Crippen molar-refractivity contribution in [3.05, 3.63) is 0 Å². The predicted octanol–water partition coefficient (Wildman–Crippen LogP) is 2.17. The van der Waals surface area contributed by atoms with Gasteiger partial charge in [0.1, 0.15) is 0 Å². The standard InChI is InChI=1S/C6H9Cl/c7-6-3-1-2-5(6)4-6/h5H,1-4H2. The van der Waals surface area contributed by atoms with E-state index in [0.717, 1.165) is 5.92 Å². The molecule has 2 atom stereocenters. The van der Waals surface area contributed by atoms with Crippen LogP contribution < -0.4 is 0 Å². The summed E-state index contributed by atoms with van der Waals surface area (Å²) < 4.78 is 0. The minimum atomic E-state index is 0.333. The number of rotatable bonds is 0. The zero-order valence-electron chi connectivity index (χ0n) is 4.28. The molecule has 7 heavy (non-hydrogen) atoms. The molecule has 2 aliphatic rings. The van der Waals surface area contributed by atoms with Crippen LogP contribution in [0.1, 0.15) is 25.7 Å². The number of hydrogen-bond acceptors (Lipinski definition) is 0. The molecular weight excluding hydrogens is 108 g/mol. The molecule has 2 rings (SSSR count). The summed E-state index contributed by atoms with van der Waals surface area (Å²) in [5, 5.41) is 0. The Balaban J connectivity index is 2.17. The quantitative estimate of drug-likeness (QED) is 0.426. The molecule has 2 unspecified atom stereocenters. The van der Waals surface area contributed by atoms with Crippen molar-refractivity contribution in [3.63, 3.8) is 0 Å². The largest absolute Gasteiger partial charge is 0.119 e.